The van der Waals surface area contributed by atoms with Crippen LogP contribution in [0.1, 0.15) is 35.2 Å². The van der Waals surface area contributed by atoms with Crippen LogP contribution in [0.4, 0.5) is 19.0 Å². The first-order valence-electron chi connectivity index (χ1n) is 7.92. The number of nitrogens with one attached hydrogen (secondary N) is 1. The molecule has 0 radical (unpaired) electrons. The number of aryl methyl sites for hydroxylation is 2. The number of allylic oxidation sites excluding steroid dienone is 1. The van der Waals surface area contributed by atoms with Crippen LogP contribution in [0, 0.1) is 6.92 Å². The third-order valence-corrected chi connectivity index (χ3v) is 4.54. The van der Waals surface area contributed by atoms with E-state index in [9.17, 15) is 18.0 Å². The predicted molar refractivity (Wildman–Crippen MR) is 89.6 cm³/mol. The molecule has 0 saturated carbocycles. The molecule has 8 heteroatoms. The summed E-state index contributed by atoms with van der Waals surface area (Å²) in [6.45, 7) is 3.35. The first kappa shape index (κ1) is 18.0. The zero-order chi connectivity index (χ0) is 19.2. The van der Waals surface area contributed by atoms with Crippen molar-refractivity contribution in [2.24, 2.45) is 7.05 Å². The fourth-order valence-electron chi connectivity index (χ4n) is 3.47. The van der Waals surface area contributed by atoms with Gasteiger partial charge in [-0.2, -0.15) is 18.3 Å². The van der Waals surface area contributed by atoms with E-state index < -0.39 is 23.6 Å². The number of esters is 1. The monoisotopic (exact) mass is 365 g/mol. The summed E-state index contributed by atoms with van der Waals surface area (Å²) < 4.78 is 47.3. The summed E-state index contributed by atoms with van der Waals surface area (Å²) in [5, 5.41) is 7.38. The van der Waals surface area contributed by atoms with Crippen molar-refractivity contribution in [3.8, 4) is 0 Å². The van der Waals surface area contributed by atoms with E-state index >= 15 is 0 Å². The van der Waals surface area contributed by atoms with Gasteiger partial charge in [0.05, 0.1) is 23.9 Å². The van der Waals surface area contributed by atoms with Gasteiger partial charge in [-0.3, -0.25) is 4.68 Å². The third-order valence-electron chi connectivity index (χ3n) is 4.54. The van der Waals surface area contributed by atoms with Crippen LogP contribution in [-0.2, 0) is 22.8 Å². The number of nitrogens with zero attached hydrogens (tertiary/aromatic N) is 2. The normalized spacial score (nSPS) is 17.0. The summed E-state index contributed by atoms with van der Waals surface area (Å²) >= 11 is 0. The van der Waals surface area contributed by atoms with Gasteiger partial charge >= 0.3 is 12.1 Å². The number of anilines is 1. The fraction of sp³-hybridized carbons (Fsp3) is 0.333. The molecule has 2 aromatic rings. The van der Waals surface area contributed by atoms with Gasteiger partial charge in [0.15, 0.2) is 0 Å². The smallest absolute Gasteiger partial charge is 0.416 e. The summed E-state index contributed by atoms with van der Waals surface area (Å²) in [6.07, 6.45) is -4.55. The number of ether oxygens (including phenoxy) is 1. The number of benzene rings is 1. The highest BCUT2D eigenvalue weighted by molar-refractivity contribution is 5.94. The largest absolute Gasteiger partial charge is 0.466 e. The lowest BCUT2D eigenvalue weighted by molar-refractivity contribution is -0.139. The molecular weight excluding hydrogens is 347 g/mol. The molecular formula is C18H18F3N3O2. The van der Waals surface area contributed by atoms with E-state index in [4.69, 9.17) is 4.74 Å². The minimum absolute atomic E-state index is 0.00130. The molecule has 1 aliphatic rings. The van der Waals surface area contributed by atoms with Gasteiger partial charge < -0.3 is 10.1 Å². The van der Waals surface area contributed by atoms with E-state index in [1.165, 1.54) is 25.3 Å². The molecule has 1 atom stereocenters. The Morgan fingerprint density at radius 2 is 1.92 bits per heavy atom. The van der Waals surface area contributed by atoms with E-state index in [-0.39, 0.29) is 11.1 Å². The summed E-state index contributed by atoms with van der Waals surface area (Å²) in [6, 6.07) is 5.28. The Bertz CT molecular complexity index is 913. The number of carbonyl (C=O) groups excluding carboxylic acids is 1. The van der Waals surface area contributed by atoms with Crippen molar-refractivity contribution in [1.82, 2.24) is 9.78 Å². The minimum atomic E-state index is -4.55. The zero-order valence-electron chi connectivity index (χ0n) is 14.7. The van der Waals surface area contributed by atoms with E-state index in [1.807, 2.05) is 0 Å². The molecule has 1 aliphatic heterocycles. The van der Waals surface area contributed by atoms with Crippen molar-refractivity contribution < 1.29 is 22.7 Å². The van der Waals surface area contributed by atoms with Gasteiger partial charge in [0.2, 0.25) is 0 Å². The van der Waals surface area contributed by atoms with Crippen molar-refractivity contribution in [3.05, 3.63) is 57.9 Å². The Hall–Kier alpha value is -2.77. The van der Waals surface area contributed by atoms with E-state index in [0.29, 0.717) is 22.8 Å². The van der Waals surface area contributed by atoms with Crippen LogP contribution in [-0.4, -0.2) is 22.9 Å². The van der Waals surface area contributed by atoms with Crippen LogP contribution in [0.2, 0.25) is 0 Å². The summed E-state index contributed by atoms with van der Waals surface area (Å²) in [5.74, 6) is -1.04. The Kier molecular flexibility index (Phi) is 4.29. The second-order valence-electron chi connectivity index (χ2n) is 6.14. The molecule has 1 unspecified atom stereocenters. The van der Waals surface area contributed by atoms with Crippen LogP contribution >= 0.6 is 0 Å². The van der Waals surface area contributed by atoms with Gasteiger partial charge in [-0.15, -0.1) is 0 Å². The lowest BCUT2D eigenvalue weighted by Gasteiger charge is -2.30. The molecule has 138 valence electrons. The van der Waals surface area contributed by atoms with Crippen LogP contribution in [0.15, 0.2) is 35.5 Å². The number of fused-ring (bicyclic) bond motifs is 1. The van der Waals surface area contributed by atoms with Gasteiger partial charge in [0.25, 0.3) is 0 Å². The molecule has 0 bridgehead atoms. The Morgan fingerprint density at radius 3 is 2.54 bits per heavy atom. The number of methoxy groups -OCH3 is 1. The van der Waals surface area contributed by atoms with Gasteiger partial charge in [-0.05, 0) is 25.5 Å². The minimum Gasteiger partial charge on any atom is -0.466 e. The number of hydrogen-bond acceptors (Lipinski definition) is 4. The summed E-state index contributed by atoms with van der Waals surface area (Å²) in [5.41, 5.74) is 0.886. The number of hydrogen-bond donors (Lipinski definition) is 1. The SMILES string of the molecule is COC(=O)C1=C(C)Nc2c(c(C)nn2C)C1c1ccccc1C(F)(F)F. The summed E-state index contributed by atoms with van der Waals surface area (Å²) in [4.78, 5) is 12.4. The van der Waals surface area contributed by atoms with Crippen LogP contribution in [0.25, 0.3) is 0 Å². The standard InChI is InChI=1S/C18H18F3N3O2/c1-9-14(17(25)26-4)15(13-10(2)23-24(3)16(13)22-9)11-7-5-6-8-12(11)18(19,20)21/h5-8,15,22H,1-4H3. The van der Waals surface area contributed by atoms with Crippen molar-refractivity contribution in [2.45, 2.75) is 25.9 Å². The number of carbonyl (C=O) groups is 1. The third kappa shape index (κ3) is 2.75. The maximum Gasteiger partial charge on any atom is 0.416 e. The molecule has 1 N–H and O–H groups in total. The Balaban J connectivity index is 2.35. The van der Waals surface area contributed by atoms with Crippen molar-refractivity contribution >= 4 is 11.8 Å². The highest BCUT2D eigenvalue weighted by Crippen LogP contribution is 2.47. The molecule has 0 aliphatic carbocycles. The van der Waals surface area contributed by atoms with Gasteiger partial charge in [-0.25, -0.2) is 4.79 Å². The number of rotatable bonds is 2. The van der Waals surface area contributed by atoms with Crippen molar-refractivity contribution in [2.75, 3.05) is 12.4 Å². The van der Waals surface area contributed by atoms with Crippen LogP contribution < -0.4 is 5.32 Å². The van der Waals surface area contributed by atoms with E-state index in [2.05, 4.69) is 10.4 Å². The molecule has 0 amide bonds. The number of alkyl halides is 3. The van der Waals surface area contributed by atoms with Gasteiger partial charge in [0, 0.05) is 24.2 Å². The lowest BCUT2D eigenvalue weighted by Crippen LogP contribution is -2.26. The molecule has 0 saturated heterocycles. The van der Waals surface area contributed by atoms with Crippen LogP contribution in [0.5, 0.6) is 0 Å². The molecule has 0 spiro atoms. The van der Waals surface area contributed by atoms with Gasteiger partial charge in [0.1, 0.15) is 5.82 Å². The molecule has 2 heterocycles. The topological polar surface area (TPSA) is 56.1 Å². The molecule has 1 aromatic carbocycles. The summed E-state index contributed by atoms with van der Waals surface area (Å²) in [7, 11) is 2.91. The second kappa shape index (κ2) is 6.19. The molecule has 5 nitrogen and oxygen atoms in total. The maximum atomic E-state index is 13.6. The second-order valence-corrected chi connectivity index (χ2v) is 6.14. The Morgan fingerprint density at radius 1 is 1.27 bits per heavy atom. The zero-order valence-corrected chi connectivity index (χ0v) is 14.7. The molecule has 26 heavy (non-hydrogen) atoms. The van der Waals surface area contributed by atoms with E-state index in [1.54, 1.807) is 25.6 Å². The fourth-order valence-corrected chi connectivity index (χ4v) is 3.47. The highest BCUT2D eigenvalue weighted by atomic mass is 19.4. The average Bonchev–Trinajstić information content (AvgIpc) is 2.86. The predicted octanol–water partition coefficient (Wildman–Crippen LogP) is 3.75. The molecule has 1 aromatic heterocycles. The maximum absolute atomic E-state index is 13.6. The Labute approximate surface area is 148 Å². The van der Waals surface area contributed by atoms with E-state index in [0.717, 1.165) is 6.07 Å². The van der Waals surface area contributed by atoms with Crippen molar-refractivity contribution in [3.63, 3.8) is 0 Å². The first-order chi connectivity index (χ1) is 12.2. The lowest BCUT2D eigenvalue weighted by atomic mass is 9.79. The average molecular weight is 365 g/mol. The first-order valence-corrected chi connectivity index (χ1v) is 7.92. The number of halogens is 3. The number of aromatic nitrogens is 2. The molecule has 3 rings (SSSR count). The quantitative estimate of drug-likeness (QED) is 0.824. The van der Waals surface area contributed by atoms with Crippen molar-refractivity contribution in [1.29, 1.82) is 0 Å². The van der Waals surface area contributed by atoms with Crippen LogP contribution in [0.3, 0.4) is 0 Å². The highest BCUT2D eigenvalue weighted by Gasteiger charge is 2.42. The van der Waals surface area contributed by atoms with Gasteiger partial charge in [-0.1, -0.05) is 18.2 Å². The molecule has 0 fully saturated rings.